The molecule has 88 valence electrons. The molecule has 3 heteroatoms. The van der Waals surface area contributed by atoms with Gasteiger partial charge in [-0.15, -0.1) is 0 Å². The summed E-state index contributed by atoms with van der Waals surface area (Å²) in [5, 5.41) is 3.88. The number of aryl methyl sites for hydroxylation is 1. The molecule has 17 heavy (non-hydrogen) atoms. The summed E-state index contributed by atoms with van der Waals surface area (Å²) < 4.78 is 0. The van der Waals surface area contributed by atoms with Gasteiger partial charge in [0.15, 0.2) is 0 Å². The first-order valence-electron chi connectivity index (χ1n) is 5.51. The van der Waals surface area contributed by atoms with Crippen LogP contribution in [0.5, 0.6) is 0 Å². The predicted molar refractivity (Wildman–Crippen MR) is 74.4 cm³/mol. The van der Waals surface area contributed by atoms with Gasteiger partial charge >= 0.3 is 0 Å². The largest absolute Gasteiger partial charge is 0.396 e. The molecule has 0 amide bonds. The van der Waals surface area contributed by atoms with E-state index in [2.05, 4.69) is 24.4 Å². The molecule has 0 spiro atoms. The van der Waals surface area contributed by atoms with Crippen molar-refractivity contribution in [2.45, 2.75) is 13.5 Å². The van der Waals surface area contributed by atoms with Crippen LogP contribution in [0.15, 0.2) is 42.5 Å². The van der Waals surface area contributed by atoms with Gasteiger partial charge in [0, 0.05) is 6.54 Å². The van der Waals surface area contributed by atoms with Crippen LogP contribution in [0.25, 0.3) is 0 Å². The zero-order valence-corrected chi connectivity index (χ0v) is 10.5. The van der Waals surface area contributed by atoms with Crippen molar-refractivity contribution in [3.05, 3.63) is 58.6 Å². The highest BCUT2D eigenvalue weighted by Crippen LogP contribution is 2.27. The number of halogens is 1. The maximum Gasteiger partial charge on any atom is 0.0739 e. The Morgan fingerprint density at radius 3 is 2.65 bits per heavy atom. The van der Waals surface area contributed by atoms with Gasteiger partial charge in [0.1, 0.15) is 0 Å². The molecule has 0 atom stereocenters. The number of benzene rings is 2. The van der Waals surface area contributed by atoms with E-state index in [1.165, 1.54) is 11.1 Å². The van der Waals surface area contributed by atoms with Gasteiger partial charge in [-0.1, -0.05) is 41.9 Å². The highest BCUT2D eigenvalue weighted by Gasteiger charge is 2.03. The summed E-state index contributed by atoms with van der Waals surface area (Å²) >= 11 is 5.96. The second kappa shape index (κ2) is 5.11. The van der Waals surface area contributed by atoms with Crippen molar-refractivity contribution in [1.29, 1.82) is 0 Å². The van der Waals surface area contributed by atoms with Crippen LogP contribution in [-0.4, -0.2) is 0 Å². The smallest absolute Gasteiger partial charge is 0.0739 e. The summed E-state index contributed by atoms with van der Waals surface area (Å²) in [6, 6.07) is 13.9. The molecule has 0 aliphatic rings. The van der Waals surface area contributed by atoms with Crippen LogP contribution in [0.4, 0.5) is 11.4 Å². The molecule has 0 radical (unpaired) electrons. The standard InChI is InChI=1S/C14H15ClN2/c1-10-5-2-3-6-11(10)9-17-13-8-4-7-12(15)14(13)16/h2-8,17H,9,16H2,1H3. The molecule has 0 bridgehead atoms. The van der Waals surface area contributed by atoms with E-state index in [4.69, 9.17) is 17.3 Å². The molecule has 2 aromatic rings. The Labute approximate surface area is 106 Å². The number of nitrogens with one attached hydrogen (secondary N) is 1. The number of nitrogens with two attached hydrogens (primary N) is 1. The van der Waals surface area contributed by atoms with Gasteiger partial charge in [-0.05, 0) is 30.2 Å². The van der Waals surface area contributed by atoms with Crippen molar-refractivity contribution in [2.75, 3.05) is 11.1 Å². The van der Waals surface area contributed by atoms with Crippen LogP contribution in [0.2, 0.25) is 5.02 Å². The minimum atomic E-state index is 0.583. The van der Waals surface area contributed by atoms with Crippen LogP contribution in [0.3, 0.4) is 0 Å². The van der Waals surface area contributed by atoms with E-state index < -0.39 is 0 Å². The summed E-state index contributed by atoms with van der Waals surface area (Å²) in [4.78, 5) is 0. The summed E-state index contributed by atoms with van der Waals surface area (Å²) in [6.45, 7) is 2.84. The molecule has 3 N–H and O–H groups in total. The summed E-state index contributed by atoms with van der Waals surface area (Å²) in [7, 11) is 0. The first kappa shape index (κ1) is 11.8. The third-order valence-corrected chi connectivity index (χ3v) is 3.11. The van der Waals surface area contributed by atoms with E-state index in [0.717, 1.165) is 12.2 Å². The maximum absolute atomic E-state index is 5.96. The Balaban J connectivity index is 2.13. The van der Waals surface area contributed by atoms with Crippen LogP contribution in [0.1, 0.15) is 11.1 Å². The van der Waals surface area contributed by atoms with Gasteiger partial charge in [-0.2, -0.15) is 0 Å². The van der Waals surface area contributed by atoms with E-state index in [1.54, 1.807) is 6.07 Å². The van der Waals surface area contributed by atoms with Crippen LogP contribution in [0, 0.1) is 6.92 Å². The normalized spacial score (nSPS) is 10.2. The van der Waals surface area contributed by atoms with Crippen molar-refractivity contribution in [3.8, 4) is 0 Å². The van der Waals surface area contributed by atoms with E-state index >= 15 is 0 Å². The van der Waals surface area contributed by atoms with Gasteiger partial charge in [0.25, 0.3) is 0 Å². The number of nitrogen functional groups attached to an aromatic ring is 1. The fraction of sp³-hybridized carbons (Fsp3) is 0.143. The van der Waals surface area contributed by atoms with E-state index in [-0.39, 0.29) is 0 Å². The topological polar surface area (TPSA) is 38.0 Å². The molecule has 0 saturated heterocycles. The molecule has 0 saturated carbocycles. The molecule has 0 unspecified atom stereocenters. The fourth-order valence-electron chi connectivity index (χ4n) is 1.69. The molecule has 2 aromatic carbocycles. The van der Waals surface area contributed by atoms with Gasteiger partial charge < -0.3 is 11.1 Å². The maximum atomic E-state index is 5.96. The number of hydrogen-bond acceptors (Lipinski definition) is 2. The SMILES string of the molecule is Cc1ccccc1CNc1cccc(Cl)c1N. The van der Waals surface area contributed by atoms with Crippen molar-refractivity contribution in [2.24, 2.45) is 0 Å². The van der Waals surface area contributed by atoms with Gasteiger partial charge in [-0.3, -0.25) is 0 Å². The van der Waals surface area contributed by atoms with Gasteiger partial charge in [-0.25, -0.2) is 0 Å². The molecule has 2 rings (SSSR count). The molecule has 0 aliphatic carbocycles. The van der Waals surface area contributed by atoms with Gasteiger partial charge in [0.2, 0.25) is 0 Å². The van der Waals surface area contributed by atoms with E-state index in [0.29, 0.717) is 10.7 Å². The number of hydrogen-bond donors (Lipinski definition) is 2. The minimum Gasteiger partial charge on any atom is -0.396 e. The predicted octanol–water partition coefficient (Wildman–Crippen LogP) is 3.84. The fourth-order valence-corrected chi connectivity index (χ4v) is 1.86. The Hall–Kier alpha value is -1.67. The molecule has 0 heterocycles. The molecular weight excluding hydrogens is 232 g/mol. The summed E-state index contributed by atoms with van der Waals surface area (Å²) in [6.07, 6.45) is 0. The Morgan fingerprint density at radius 1 is 1.12 bits per heavy atom. The zero-order chi connectivity index (χ0) is 12.3. The molecule has 0 aromatic heterocycles. The Kier molecular flexibility index (Phi) is 3.55. The number of rotatable bonds is 3. The lowest BCUT2D eigenvalue weighted by Gasteiger charge is -2.11. The second-order valence-corrected chi connectivity index (χ2v) is 4.39. The van der Waals surface area contributed by atoms with Crippen molar-refractivity contribution in [1.82, 2.24) is 0 Å². The molecule has 2 nitrogen and oxygen atoms in total. The molecule has 0 fully saturated rings. The first-order chi connectivity index (χ1) is 8.18. The van der Waals surface area contributed by atoms with Crippen molar-refractivity contribution < 1.29 is 0 Å². The quantitative estimate of drug-likeness (QED) is 0.808. The van der Waals surface area contributed by atoms with Crippen LogP contribution in [-0.2, 0) is 6.54 Å². The van der Waals surface area contributed by atoms with Crippen molar-refractivity contribution >= 4 is 23.0 Å². The highest BCUT2D eigenvalue weighted by molar-refractivity contribution is 6.33. The second-order valence-electron chi connectivity index (χ2n) is 3.98. The highest BCUT2D eigenvalue weighted by atomic mass is 35.5. The summed E-state index contributed by atoms with van der Waals surface area (Å²) in [5.41, 5.74) is 9.89. The third-order valence-electron chi connectivity index (χ3n) is 2.78. The van der Waals surface area contributed by atoms with Crippen molar-refractivity contribution in [3.63, 3.8) is 0 Å². The average molecular weight is 247 g/mol. The monoisotopic (exact) mass is 246 g/mol. The molecule has 0 aliphatic heterocycles. The number of para-hydroxylation sites is 1. The Morgan fingerprint density at radius 2 is 1.88 bits per heavy atom. The lowest BCUT2D eigenvalue weighted by atomic mass is 10.1. The lowest BCUT2D eigenvalue weighted by molar-refractivity contribution is 1.12. The molecular formula is C14H15ClN2. The zero-order valence-electron chi connectivity index (χ0n) is 9.70. The Bertz CT molecular complexity index is 523. The minimum absolute atomic E-state index is 0.583. The van der Waals surface area contributed by atoms with Crippen LogP contribution < -0.4 is 11.1 Å². The van der Waals surface area contributed by atoms with E-state index in [1.807, 2.05) is 24.3 Å². The first-order valence-corrected chi connectivity index (χ1v) is 5.88. The van der Waals surface area contributed by atoms with Gasteiger partial charge in [0.05, 0.1) is 16.4 Å². The lowest BCUT2D eigenvalue weighted by Crippen LogP contribution is -2.03. The van der Waals surface area contributed by atoms with E-state index in [9.17, 15) is 0 Å². The third kappa shape index (κ3) is 2.71. The average Bonchev–Trinajstić information content (AvgIpc) is 2.33. The number of anilines is 2. The summed E-state index contributed by atoms with van der Waals surface area (Å²) in [5.74, 6) is 0. The van der Waals surface area contributed by atoms with Crippen LogP contribution >= 0.6 is 11.6 Å².